The Morgan fingerprint density at radius 3 is 2.69 bits per heavy atom. The lowest BCUT2D eigenvalue weighted by atomic mass is 10.1. The molecule has 1 atom stereocenters. The Balaban J connectivity index is 2.77. The molecule has 0 aromatic carbocycles. The minimum atomic E-state index is -0.210. The number of hydroxylamine groups is 1. The van der Waals surface area contributed by atoms with Crippen molar-refractivity contribution in [2.75, 3.05) is 7.05 Å². The Morgan fingerprint density at radius 2 is 2.23 bits per heavy atom. The van der Waals surface area contributed by atoms with E-state index < -0.39 is 0 Å². The Kier molecular flexibility index (Phi) is 3.36. The number of hydrogen-bond acceptors (Lipinski definition) is 4. The van der Waals surface area contributed by atoms with Gasteiger partial charge in [-0.3, -0.25) is 10.4 Å². The predicted octanol–water partition coefficient (Wildman–Crippen LogP) is 1.39. The third-order valence-electron chi connectivity index (χ3n) is 1.99. The fraction of sp³-hybridized carbons (Fsp3) is 0.444. The molecule has 0 amide bonds. The van der Waals surface area contributed by atoms with Crippen LogP contribution in [0.5, 0.6) is 0 Å². The molecule has 1 aromatic rings. The average molecular weight is 180 g/mol. The van der Waals surface area contributed by atoms with Gasteiger partial charge in [-0.25, -0.2) is 0 Å². The van der Waals surface area contributed by atoms with Crippen LogP contribution in [0.3, 0.4) is 0 Å². The number of pyridine rings is 1. The molecule has 0 spiro atoms. The Morgan fingerprint density at radius 1 is 1.54 bits per heavy atom. The SMILES string of the molecule is CNN([O-])C(C)c1ccc(C)nc1. The van der Waals surface area contributed by atoms with Gasteiger partial charge in [0.25, 0.3) is 0 Å². The smallest absolute Gasteiger partial charge is 0.0372 e. The summed E-state index contributed by atoms with van der Waals surface area (Å²) >= 11 is 0. The molecule has 4 nitrogen and oxygen atoms in total. The van der Waals surface area contributed by atoms with Gasteiger partial charge in [-0.1, -0.05) is 6.07 Å². The van der Waals surface area contributed by atoms with Crippen LogP contribution in [0.1, 0.15) is 24.2 Å². The Bertz CT molecular complexity index is 260. The van der Waals surface area contributed by atoms with Crippen LogP contribution in [0.15, 0.2) is 18.3 Å². The molecule has 0 saturated heterocycles. The standard InChI is InChI=1S/C9H14N3O/c1-7-4-5-9(6-11-7)8(2)12(13)10-3/h4-6,8,10H,1-3H3/q-1. The van der Waals surface area contributed by atoms with E-state index in [4.69, 9.17) is 0 Å². The van der Waals surface area contributed by atoms with Crippen LogP contribution in [-0.4, -0.2) is 17.2 Å². The highest BCUT2D eigenvalue weighted by atomic mass is 16.5. The van der Waals surface area contributed by atoms with Crippen LogP contribution in [-0.2, 0) is 0 Å². The summed E-state index contributed by atoms with van der Waals surface area (Å²) in [5.74, 6) is 0. The summed E-state index contributed by atoms with van der Waals surface area (Å²) in [6.07, 6.45) is 1.72. The molecule has 0 aliphatic carbocycles. The van der Waals surface area contributed by atoms with E-state index in [9.17, 15) is 5.21 Å². The first-order chi connectivity index (χ1) is 6.15. The fourth-order valence-corrected chi connectivity index (χ4v) is 1.06. The zero-order valence-corrected chi connectivity index (χ0v) is 8.11. The van der Waals surface area contributed by atoms with Crippen molar-refractivity contribution >= 4 is 0 Å². The fourth-order valence-electron chi connectivity index (χ4n) is 1.06. The second-order valence-corrected chi connectivity index (χ2v) is 2.96. The maximum absolute atomic E-state index is 11.2. The van der Waals surface area contributed by atoms with Gasteiger partial charge < -0.3 is 10.4 Å². The van der Waals surface area contributed by atoms with Gasteiger partial charge in [0.1, 0.15) is 0 Å². The maximum atomic E-state index is 11.2. The van der Waals surface area contributed by atoms with Crippen LogP contribution in [0.2, 0.25) is 0 Å². The van der Waals surface area contributed by atoms with Gasteiger partial charge in [-0.05, 0) is 32.5 Å². The molecule has 72 valence electrons. The van der Waals surface area contributed by atoms with Gasteiger partial charge >= 0.3 is 0 Å². The highest BCUT2D eigenvalue weighted by Gasteiger charge is 2.05. The number of aryl methyl sites for hydroxylation is 1. The number of hydrogen-bond donors (Lipinski definition) is 1. The molecular formula is C9H14N3O-. The van der Waals surface area contributed by atoms with E-state index in [1.807, 2.05) is 26.0 Å². The highest BCUT2D eigenvalue weighted by molar-refractivity contribution is 5.16. The summed E-state index contributed by atoms with van der Waals surface area (Å²) in [5.41, 5.74) is 4.40. The first kappa shape index (κ1) is 10.1. The van der Waals surface area contributed by atoms with Gasteiger partial charge in [0, 0.05) is 17.9 Å². The topological polar surface area (TPSA) is 51.2 Å². The average Bonchev–Trinajstić information content (AvgIpc) is 2.17. The van der Waals surface area contributed by atoms with Crippen molar-refractivity contribution in [3.8, 4) is 0 Å². The number of rotatable bonds is 3. The summed E-state index contributed by atoms with van der Waals surface area (Å²) in [4.78, 5) is 4.12. The number of hydrazine groups is 1. The number of aromatic nitrogens is 1. The second kappa shape index (κ2) is 4.32. The van der Waals surface area contributed by atoms with Gasteiger partial charge in [0.2, 0.25) is 0 Å². The van der Waals surface area contributed by atoms with E-state index >= 15 is 0 Å². The van der Waals surface area contributed by atoms with E-state index in [1.54, 1.807) is 13.2 Å². The summed E-state index contributed by atoms with van der Waals surface area (Å²) in [6, 6.07) is 3.60. The molecule has 0 aliphatic heterocycles. The summed E-state index contributed by atoms with van der Waals surface area (Å²) in [5, 5.41) is 12.0. The Hall–Kier alpha value is -0.970. The normalized spacial score (nSPS) is 13.3. The summed E-state index contributed by atoms with van der Waals surface area (Å²) in [6.45, 7) is 3.75. The molecule has 4 heteroatoms. The van der Waals surface area contributed by atoms with E-state index in [0.29, 0.717) is 0 Å². The first-order valence-corrected chi connectivity index (χ1v) is 4.21. The molecule has 0 aliphatic rings. The molecule has 1 heterocycles. The first-order valence-electron chi connectivity index (χ1n) is 4.21. The molecule has 0 radical (unpaired) electrons. The van der Waals surface area contributed by atoms with Crippen LogP contribution >= 0.6 is 0 Å². The largest absolute Gasteiger partial charge is 0.771 e. The van der Waals surface area contributed by atoms with E-state index in [1.165, 1.54) is 0 Å². The van der Waals surface area contributed by atoms with Crippen molar-refractivity contribution in [2.24, 2.45) is 0 Å². The third kappa shape index (κ3) is 2.48. The van der Waals surface area contributed by atoms with Crippen LogP contribution in [0.4, 0.5) is 0 Å². The van der Waals surface area contributed by atoms with E-state index in [-0.39, 0.29) is 6.04 Å². The van der Waals surface area contributed by atoms with Gasteiger partial charge in [0.05, 0.1) is 0 Å². The van der Waals surface area contributed by atoms with Crippen molar-refractivity contribution in [3.63, 3.8) is 0 Å². The van der Waals surface area contributed by atoms with E-state index in [2.05, 4.69) is 10.4 Å². The van der Waals surface area contributed by atoms with Crippen LogP contribution < -0.4 is 5.43 Å². The zero-order valence-electron chi connectivity index (χ0n) is 8.11. The van der Waals surface area contributed by atoms with Gasteiger partial charge in [0.15, 0.2) is 0 Å². The number of nitrogens with one attached hydrogen (secondary N) is 1. The molecule has 13 heavy (non-hydrogen) atoms. The second-order valence-electron chi connectivity index (χ2n) is 2.96. The molecule has 0 fully saturated rings. The zero-order chi connectivity index (χ0) is 9.84. The molecule has 0 bridgehead atoms. The van der Waals surface area contributed by atoms with Crippen LogP contribution in [0.25, 0.3) is 0 Å². The van der Waals surface area contributed by atoms with Crippen LogP contribution in [0, 0.1) is 12.1 Å². The summed E-state index contributed by atoms with van der Waals surface area (Å²) in [7, 11) is 1.60. The Labute approximate surface area is 78.1 Å². The van der Waals surface area contributed by atoms with E-state index in [0.717, 1.165) is 16.4 Å². The maximum Gasteiger partial charge on any atom is 0.0372 e. The van der Waals surface area contributed by atoms with Gasteiger partial charge in [-0.2, -0.15) is 0 Å². The van der Waals surface area contributed by atoms with Crippen molar-refractivity contribution in [1.82, 2.24) is 15.6 Å². The summed E-state index contributed by atoms with van der Waals surface area (Å²) < 4.78 is 0. The molecule has 1 unspecified atom stereocenters. The molecule has 1 aromatic heterocycles. The highest BCUT2D eigenvalue weighted by Crippen LogP contribution is 2.15. The molecular weight excluding hydrogens is 166 g/mol. The lowest BCUT2D eigenvalue weighted by molar-refractivity contribution is 0.231. The lowest BCUT2D eigenvalue weighted by Crippen LogP contribution is -2.31. The minimum absolute atomic E-state index is 0.210. The quantitative estimate of drug-likeness (QED) is 0.714. The van der Waals surface area contributed by atoms with Gasteiger partial charge in [-0.15, -0.1) is 0 Å². The molecule has 1 rings (SSSR count). The van der Waals surface area contributed by atoms with Crippen molar-refractivity contribution in [1.29, 1.82) is 0 Å². The predicted molar refractivity (Wildman–Crippen MR) is 51.7 cm³/mol. The van der Waals surface area contributed by atoms with Crippen molar-refractivity contribution < 1.29 is 0 Å². The minimum Gasteiger partial charge on any atom is -0.771 e. The lowest BCUT2D eigenvalue weighted by Gasteiger charge is -2.33. The number of nitrogens with zero attached hydrogens (tertiary/aromatic N) is 2. The van der Waals surface area contributed by atoms with Crippen molar-refractivity contribution in [3.05, 3.63) is 34.8 Å². The third-order valence-corrected chi connectivity index (χ3v) is 1.99. The molecule has 0 saturated carbocycles. The van der Waals surface area contributed by atoms with Crippen molar-refractivity contribution in [2.45, 2.75) is 19.9 Å². The monoisotopic (exact) mass is 180 g/mol. The molecule has 1 N–H and O–H groups in total.